The van der Waals surface area contributed by atoms with Crippen LogP contribution in [0.5, 0.6) is 0 Å². The van der Waals surface area contributed by atoms with Gasteiger partial charge in [-0.2, -0.15) is 0 Å². The van der Waals surface area contributed by atoms with Crippen molar-refractivity contribution < 1.29 is 14.3 Å². The number of carbonyl (C=O) groups is 2. The topological polar surface area (TPSA) is 43.4 Å². The number of benzene rings is 1. The normalized spacial score (nSPS) is 17.5. The Morgan fingerprint density at radius 2 is 1.57 bits per heavy atom. The van der Waals surface area contributed by atoms with Gasteiger partial charge in [-0.3, -0.25) is 9.59 Å². The minimum Gasteiger partial charge on any atom is -0.459 e. The Morgan fingerprint density at radius 1 is 1.05 bits per heavy atom. The molecule has 1 aliphatic rings. The Bertz CT molecular complexity index is 529. The van der Waals surface area contributed by atoms with Gasteiger partial charge in [-0.15, -0.1) is 0 Å². The van der Waals surface area contributed by atoms with Gasteiger partial charge in [0.15, 0.2) is 5.78 Å². The second kappa shape index (κ2) is 5.63. The van der Waals surface area contributed by atoms with E-state index in [4.69, 9.17) is 4.74 Å². The summed E-state index contributed by atoms with van der Waals surface area (Å²) in [5, 5.41) is 0. The SMILES string of the molecule is CC(=O)c1ccc(C2(C(=O)OC(C)(C)C)CCCC2)cc1. The Balaban J connectivity index is 2.34. The molecule has 2 rings (SSSR count). The maximum absolute atomic E-state index is 12.7. The predicted molar refractivity (Wildman–Crippen MR) is 82.4 cm³/mol. The highest BCUT2D eigenvalue weighted by atomic mass is 16.6. The zero-order valence-corrected chi connectivity index (χ0v) is 13.4. The highest BCUT2D eigenvalue weighted by Crippen LogP contribution is 2.43. The summed E-state index contributed by atoms with van der Waals surface area (Å²) in [4.78, 5) is 24.1. The van der Waals surface area contributed by atoms with Crippen molar-refractivity contribution in [2.75, 3.05) is 0 Å². The van der Waals surface area contributed by atoms with E-state index >= 15 is 0 Å². The van der Waals surface area contributed by atoms with E-state index in [2.05, 4.69) is 0 Å². The molecule has 0 radical (unpaired) electrons. The maximum atomic E-state index is 12.7. The van der Waals surface area contributed by atoms with Crippen molar-refractivity contribution in [2.45, 2.75) is 64.4 Å². The first-order chi connectivity index (χ1) is 9.74. The van der Waals surface area contributed by atoms with Crippen LogP contribution in [0, 0.1) is 0 Å². The van der Waals surface area contributed by atoms with Crippen LogP contribution in [0.1, 0.15) is 69.3 Å². The molecule has 0 saturated heterocycles. The number of hydrogen-bond acceptors (Lipinski definition) is 3. The van der Waals surface area contributed by atoms with E-state index in [-0.39, 0.29) is 11.8 Å². The van der Waals surface area contributed by atoms with Crippen LogP contribution in [0.3, 0.4) is 0 Å². The van der Waals surface area contributed by atoms with Crippen molar-refractivity contribution in [3.63, 3.8) is 0 Å². The molecule has 114 valence electrons. The quantitative estimate of drug-likeness (QED) is 0.622. The van der Waals surface area contributed by atoms with E-state index in [0.717, 1.165) is 31.2 Å². The van der Waals surface area contributed by atoms with Gasteiger partial charge in [-0.05, 0) is 46.1 Å². The summed E-state index contributed by atoms with van der Waals surface area (Å²) in [6, 6.07) is 7.43. The summed E-state index contributed by atoms with van der Waals surface area (Å²) in [6.07, 6.45) is 3.71. The summed E-state index contributed by atoms with van der Waals surface area (Å²) in [6.45, 7) is 7.24. The van der Waals surface area contributed by atoms with Crippen LogP contribution in [-0.2, 0) is 14.9 Å². The first-order valence-electron chi connectivity index (χ1n) is 7.59. The molecule has 0 unspecified atom stereocenters. The molecule has 1 aromatic carbocycles. The summed E-state index contributed by atoms with van der Waals surface area (Å²) in [5.74, 6) is -0.0950. The van der Waals surface area contributed by atoms with Crippen LogP contribution in [0.2, 0.25) is 0 Å². The van der Waals surface area contributed by atoms with Crippen LogP contribution < -0.4 is 0 Å². The van der Waals surface area contributed by atoms with Gasteiger partial charge in [0.2, 0.25) is 0 Å². The molecule has 0 spiro atoms. The minimum absolute atomic E-state index is 0.0410. The van der Waals surface area contributed by atoms with Crippen LogP contribution in [-0.4, -0.2) is 17.4 Å². The first-order valence-corrected chi connectivity index (χ1v) is 7.59. The number of esters is 1. The highest BCUT2D eigenvalue weighted by Gasteiger charge is 2.45. The lowest BCUT2D eigenvalue weighted by molar-refractivity contribution is -0.162. The molecule has 0 bridgehead atoms. The van der Waals surface area contributed by atoms with Gasteiger partial charge in [-0.25, -0.2) is 0 Å². The fourth-order valence-electron chi connectivity index (χ4n) is 2.99. The fourth-order valence-corrected chi connectivity index (χ4v) is 2.99. The molecule has 3 heteroatoms. The molecule has 21 heavy (non-hydrogen) atoms. The molecule has 0 heterocycles. The number of rotatable bonds is 3. The monoisotopic (exact) mass is 288 g/mol. The predicted octanol–water partition coefficient (Wildman–Crippen LogP) is 4.04. The Morgan fingerprint density at radius 3 is 2.00 bits per heavy atom. The number of carbonyl (C=O) groups excluding carboxylic acids is 2. The summed E-state index contributed by atoms with van der Waals surface area (Å²) >= 11 is 0. The average Bonchev–Trinajstić information content (AvgIpc) is 2.87. The maximum Gasteiger partial charge on any atom is 0.317 e. The standard InChI is InChI=1S/C18H24O3/c1-13(19)14-7-9-15(10-8-14)18(11-5-6-12-18)16(20)21-17(2,3)4/h7-10H,5-6,11-12H2,1-4H3. The number of ketones is 1. The van der Waals surface area contributed by atoms with Crippen LogP contribution in [0.25, 0.3) is 0 Å². The zero-order valence-electron chi connectivity index (χ0n) is 13.4. The molecule has 0 aliphatic heterocycles. The molecular weight excluding hydrogens is 264 g/mol. The molecule has 1 saturated carbocycles. The third-order valence-electron chi connectivity index (χ3n) is 4.09. The zero-order chi connectivity index (χ0) is 15.7. The number of hydrogen-bond donors (Lipinski definition) is 0. The second-order valence-electron chi connectivity index (χ2n) is 6.92. The first kappa shape index (κ1) is 15.7. The van der Waals surface area contributed by atoms with Crippen molar-refractivity contribution in [1.82, 2.24) is 0 Å². The Hall–Kier alpha value is -1.64. The molecule has 0 atom stereocenters. The molecule has 1 aromatic rings. The third kappa shape index (κ3) is 3.34. The van der Waals surface area contributed by atoms with Gasteiger partial charge in [0.1, 0.15) is 5.60 Å². The van der Waals surface area contributed by atoms with E-state index < -0.39 is 11.0 Å². The Labute approximate surface area is 126 Å². The van der Waals surface area contributed by atoms with E-state index in [1.807, 2.05) is 45.0 Å². The molecular formula is C18H24O3. The molecule has 0 aromatic heterocycles. The average molecular weight is 288 g/mol. The lowest BCUT2D eigenvalue weighted by atomic mass is 9.78. The van der Waals surface area contributed by atoms with Crippen molar-refractivity contribution in [2.24, 2.45) is 0 Å². The van der Waals surface area contributed by atoms with Gasteiger partial charge in [0, 0.05) is 5.56 Å². The summed E-state index contributed by atoms with van der Waals surface area (Å²) in [7, 11) is 0. The van der Waals surface area contributed by atoms with Crippen LogP contribution >= 0.6 is 0 Å². The molecule has 0 amide bonds. The van der Waals surface area contributed by atoms with Crippen molar-refractivity contribution in [1.29, 1.82) is 0 Å². The largest absolute Gasteiger partial charge is 0.459 e. The van der Waals surface area contributed by atoms with E-state index in [0.29, 0.717) is 5.56 Å². The minimum atomic E-state index is -0.539. The highest BCUT2D eigenvalue weighted by molar-refractivity contribution is 5.94. The van der Waals surface area contributed by atoms with Gasteiger partial charge in [0.25, 0.3) is 0 Å². The van der Waals surface area contributed by atoms with Crippen LogP contribution in [0.4, 0.5) is 0 Å². The summed E-state index contributed by atoms with van der Waals surface area (Å²) < 4.78 is 5.65. The smallest absolute Gasteiger partial charge is 0.317 e. The third-order valence-corrected chi connectivity index (χ3v) is 4.09. The molecule has 1 aliphatic carbocycles. The second-order valence-corrected chi connectivity index (χ2v) is 6.92. The van der Waals surface area contributed by atoms with Crippen molar-refractivity contribution in [3.05, 3.63) is 35.4 Å². The van der Waals surface area contributed by atoms with Gasteiger partial charge in [-0.1, -0.05) is 37.1 Å². The van der Waals surface area contributed by atoms with Gasteiger partial charge in [0.05, 0.1) is 5.41 Å². The number of ether oxygens (including phenoxy) is 1. The molecule has 3 nitrogen and oxygen atoms in total. The van der Waals surface area contributed by atoms with E-state index in [1.165, 1.54) is 0 Å². The van der Waals surface area contributed by atoms with Crippen LogP contribution in [0.15, 0.2) is 24.3 Å². The fraction of sp³-hybridized carbons (Fsp3) is 0.556. The Kier molecular flexibility index (Phi) is 4.22. The summed E-state index contributed by atoms with van der Waals surface area (Å²) in [5.41, 5.74) is 0.629. The number of Topliss-reactive ketones (excluding diaryl/α,β-unsaturated/α-hetero) is 1. The van der Waals surface area contributed by atoms with Crippen molar-refractivity contribution >= 4 is 11.8 Å². The lowest BCUT2D eigenvalue weighted by Crippen LogP contribution is -2.39. The van der Waals surface area contributed by atoms with E-state index in [9.17, 15) is 9.59 Å². The van der Waals surface area contributed by atoms with Crippen molar-refractivity contribution in [3.8, 4) is 0 Å². The molecule has 1 fully saturated rings. The van der Waals surface area contributed by atoms with Gasteiger partial charge >= 0.3 is 5.97 Å². The van der Waals surface area contributed by atoms with Gasteiger partial charge < -0.3 is 4.74 Å². The lowest BCUT2D eigenvalue weighted by Gasteiger charge is -2.31. The van der Waals surface area contributed by atoms with E-state index in [1.54, 1.807) is 6.92 Å². The molecule has 0 N–H and O–H groups in total.